The highest BCUT2D eigenvalue weighted by Gasteiger charge is 2.50. The van der Waals surface area contributed by atoms with Crippen molar-refractivity contribution in [3.63, 3.8) is 0 Å². The Morgan fingerprint density at radius 2 is 2.00 bits per heavy atom. The summed E-state index contributed by atoms with van der Waals surface area (Å²) in [5.41, 5.74) is 0.846. The first-order chi connectivity index (χ1) is 11.1. The molecule has 1 aromatic rings. The van der Waals surface area contributed by atoms with Gasteiger partial charge in [0.15, 0.2) is 0 Å². The highest BCUT2D eigenvalue weighted by Crippen LogP contribution is 2.53. The second-order valence-electron chi connectivity index (χ2n) is 7.08. The fourth-order valence-corrected chi connectivity index (χ4v) is 4.59. The summed E-state index contributed by atoms with van der Waals surface area (Å²) in [6, 6.07) is -0.546. The van der Waals surface area contributed by atoms with Crippen LogP contribution in [0, 0.1) is 11.8 Å². The third-order valence-corrected chi connectivity index (χ3v) is 5.77. The van der Waals surface area contributed by atoms with Crippen molar-refractivity contribution in [1.29, 1.82) is 0 Å². The van der Waals surface area contributed by atoms with Gasteiger partial charge >= 0.3 is 0 Å². The number of halogens is 3. The van der Waals surface area contributed by atoms with E-state index in [1.165, 1.54) is 6.08 Å². The van der Waals surface area contributed by atoms with Gasteiger partial charge in [0.05, 0.1) is 12.4 Å². The van der Waals surface area contributed by atoms with Gasteiger partial charge < -0.3 is 4.57 Å². The maximum absolute atomic E-state index is 14.9. The molecular formula is C18H21F3N2. The largest absolute Gasteiger partial charge is 0.330 e. The zero-order valence-corrected chi connectivity index (χ0v) is 13.0. The molecule has 1 saturated carbocycles. The third kappa shape index (κ3) is 2.45. The molecule has 1 aromatic heterocycles. The lowest BCUT2D eigenvalue weighted by Gasteiger charge is -2.34. The van der Waals surface area contributed by atoms with Gasteiger partial charge in [-0.05, 0) is 18.9 Å². The summed E-state index contributed by atoms with van der Waals surface area (Å²) in [5.74, 6) is -4.27. The van der Waals surface area contributed by atoms with Crippen LogP contribution in [0.3, 0.4) is 0 Å². The summed E-state index contributed by atoms with van der Waals surface area (Å²) in [6.45, 7) is 0. The number of imidazole rings is 1. The molecule has 124 valence electrons. The van der Waals surface area contributed by atoms with Gasteiger partial charge in [0, 0.05) is 36.1 Å². The van der Waals surface area contributed by atoms with Crippen molar-refractivity contribution in [1.82, 2.24) is 9.55 Å². The van der Waals surface area contributed by atoms with E-state index in [0.29, 0.717) is 12.8 Å². The molecule has 2 aliphatic carbocycles. The third-order valence-electron chi connectivity index (χ3n) is 5.77. The summed E-state index contributed by atoms with van der Waals surface area (Å²) in [5, 5.41) is 0. The quantitative estimate of drug-likeness (QED) is 0.751. The normalized spacial score (nSPS) is 30.9. The van der Waals surface area contributed by atoms with Gasteiger partial charge in [-0.1, -0.05) is 31.4 Å². The van der Waals surface area contributed by atoms with Gasteiger partial charge in [-0.15, -0.1) is 0 Å². The van der Waals surface area contributed by atoms with Crippen molar-refractivity contribution in [3.05, 3.63) is 42.3 Å². The van der Waals surface area contributed by atoms with Crippen LogP contribution in [0.1, 0.15) is 56.2 Å². The molecule has 2 heterocycles. The SMILES string of the molecule is FC1=CC=CC2c3cncn3C(CC(F)(F)C3CCCCC3)C12. The van der Waals surface area contributed by atoms with Crippen LogP contribution in [-0.4, -0.2) is 15.5 Å². The number of alkyl halides is 2. The molecule has 0 aromatic carbocycles. The van der Waals surface area contributed by atoms with Crippen LogP contribution in [0.5, 0.6) is 0 Å². The number of nitrogens with zero attached hydrogens (tertiary/aromatic N) is 2. The van der Waals surface area contributed by atoms with Gasteiger partial charge in [0.1, 0.15) is 5.83 Å². The zero-order chi connectivity index (χ0) is 16.0. The topological polar surface area (TPSA) is 17.8 Å². The Kier molecular flexibility index (Phi) is 3.62. The van der Waals surface area contributed by atoms with E-state index in [0.717, 1.165) is 25.0 Å². The standard InChI is InChI=1S/C18H21F3N2/c19-14-8-4-7-13-16-10-22-11-23(16)15(17(13)14)9-18(20,21)12-5-2-1-3-6-12/h4,7-8,10-13,15,17H,1-3,5-6,9H2. The Labute approximate surface area is 134 Å². The highest BCUT2D eigenvalue weighted by molar-refractivity contribution is 5.34. The molecule has 0 saturated heterocycles. The molecule has 23 heavy (non-hydrogen) atoms. The van der Waals surface area contributed by atoms with Crippen LogP contribution in [-0.2, 0) is 0 Å². The lowest BCUT2D eigenvalue weighted by atomic mass is 9.78. The van der Waals surface area contributed by atoms with Crippen molar-refractivity contribution in [3.8, 4) is 0 Å². The lowest BCUT2D eigenvalue weighted by molar-refractivity contribution is -0.0895. The van der Waals surface area contributed by atoms with Crippen molar-refractivity contribution < 1.29 is 13.2 Å². The Balaban J connectivity index is 1.62. The van der Waals surface area contributed by atoms with E-state index >= 15 is 0 Å². The number of aromatic nitrogens is 2. The maximum Gasteiger partial charge on any atom is 0.252 e. The predicted molar refractivity (Wildman–Crippen MR) is 82.0 cm³/mol. The van der Waals surface area contributed by atoms with Crippen LogP contribution in [0.4, 0.5) is 13.2 Å². The molecule has 1 aliphatic heterocycles. The summed E-state index contributed by atoms with van der Waals surface area (Å²) >= 11 is 0. The van der Waals surface area contributed by atoms with E-state index in [9.17, 15) is 13.2 Å². The molecule has 2 nitrogen and oxygen atoms in total. The fraction of sp³-hybridized carbons (Fsp3) is 0.611. The summed E-state index contributed by atoms with van der Waals surface area (Å²) in [7, 11) is 0. The van der Waals surface area contributed by atoms with E-state index in [-0.39, 0.29) is 18.2 Å². The van der Waals surface area contributed by atoms with Gasteiger partial charge in [-0.25, -0.2) is 18.2 Å². The molecule has 3 atom stereocenters. The number of hydrogen-bond acceptors (Lipinski definition) is 1. The van der Waals surface area contributed by atoms with E-state index in [1.807, 2.05) is 6.08 Å². The van der Waals surface area contributed by atoms with Crippen LogP contribution in [0.2, 0.25) is 0 Å². The van der Waals surface area contributed by atoms with Gasteiger partial charge in [-0.3, -0.25) is 0 Å². The Bertz CT molecular complexity index is 640. The van der Waals surface area contributed by atoms with Crippen molar-refractivity contribution in [2.75, 3.05) is 0 Å². The monoisotopic (exact) mass is 322 g/mol. The van der Waals surface area contributed by atoms with Crippen molar-refractivity contribution >= 4 is 0 Å². The van der Waals surface area contributed by atoms with Crippen molar-refractivity contribution in [2.24, 2.45) is 11.8 Å². The van der Waals surface area contributed by atoms with Crippen LogP contribution in [0.15, 0.2) is 36.6 Å². The van der Waals surface area contributed by atoms with Gasteiger partial charge in [0.2, 0.25) is 0 Å². The summed E-state index contributed by atoms with van der Waals surface area (Å²) in [6.07, 6.45) is 11.9. The molecule has 0 spiro atoms. The summed E-state index contributed by atoms with van der Waals surface area (Å²) < 4.78 is 45.9. The molecule has 5 heteroatoms. The fourth-order valence-electron chi connectivity index (χ4n) is 4.59. The molecule has 3 aliphatic rings. The second-order valence-corrected chi connectivity index (χ2v) is 7.08. The van der Waals surface area contributed by atoms with Crippen LogP contribution >= 0.6 is 0 Å². The summed E-state index contributed by atoms with van der Waals surface area (Å²) in [4.78, 5) is 4.09. The smallest absolute Gasteiger partial charge is 0.252 e. The number of allylic oxidation sites excluding steroid dienone is 4. The average molecular weight is 322 g/mol. The molecule has 3 unspecified atom stereocenters. The van der Waals surface area contributed by atoms with E-state index < -0.39 is 23.8 Å². The Morgan fingerprint density at radius 3 is 2.78 bits per heavy atom. The minimum atomic E-state index is -2.75. The number of hydrogen-bond donors (Lipinski definition) is 0. The maximum atomic E-state index is 14.9. The molecule has 0 amide bonds. The Hall–Kier alpha value is -1.52. The zero-order valence-electron chi connectivity index (χ0n) is 13.0. The minimum Gasteiger partial charge on any atom is -0.330 e. The van der Waals surface area contributed by atoms with Crippen molar-refractivity contribution in [2.45, 2.75) is 56.4 Å². The number of fused-ring (bicyclic) bond motifs is 3. The highest BCUT2D eigenvalue weighted by atomic mass is 19.3. The predicted octanol–water partition coefficient (Wildman–Crippen LogP) is 5.17. The molecule has 0 N–H and O–H groups in total. The first-order valence-corrected chi connectivity index (χ1v) is 8.51. The minimum absolute atomic E-state index is 0.172. The molecule has 4 rings (SSSR count). The van der Waals surface area contributed by atoms with E-state index in [2.05, 4.69) is 4.98 Å². The average Bonchev–Trinajstić information content (AvgIpc) is 3.12. The molecule has 0 bridgehead atoms. The van der Waals surface area contributed by atoms with E-state index in [1.54, 1.807) is 23.2 Å². The lowest BCUT2D eigenvalue weighted by Crippen LogP contribution is -2.34. The van der Waals surface area contributed by atoms with Gasteiger partial charge in [-0.2, -0.15) is 0 Å². The van der Waals surface area contributed by atoms with E-state index in [4.69, 9.17) is 0 Å². The number of rotatable bonds is 3. The molecular weight excluding hydrogens is 301 g/mol. The Morgan fingerprint density at radius 1 is 1.22 bits per heavy atom. The molecule has 1 fully saturated rings. The second kappa shape index (κ2) is 5.53. The first-order valence-electron chi connectivity index (χ1n) is 8.51. The van der Waals surface area contributed by atoms with Crippen LogP contribution < -0.4 is 0 Å². The molecule has 0 radical (unpaired) electrons. The van der Waals surface area contributed by atoms with Crippen LogP contribution in [0.25, 0.3) is 0 Å². The first kappa shape index (κ1) is 15.0. The van der Waals surface area contributed by atoms with Gasteiger partial charge in [0.25, 0.3) is 5.92 Å².